The molecule has 0 saturated heterocycles. The summed E-state index contributed by atoms with van der Waals surface area (Å²) < 4.78 is 7.68. The lowest BCUT2D eigenvalue weighted by Gasteiger charge is -2.12. The molecule has 0 aliphatic heterocycles. The largest absolute Gasteiger partial charge is 0.459 e. The zero-order valence-corrected chi connectivity index (χ0v) is 18.0. The number of furan rings is 1. The van der Waals surface area contributed by atoms with Crippen LogP contribution in [0, 0.1) is 0 Å². The molecule has 4 aromatic rings. The number of thioether (sulfide) groups is 1. The van der Waals surface area contributed by atoms with Gasteiger partial charge >= 0.3 is 0 Å². The molecule has 31 heavy (non-hydrogen) atoms. The molecule has 2 amide bonds. The van der Waals surface area contributed by atoms with Crippen molar-refractivity contribution in [3.05, 3.63) is 78.3 Å². The van der Waals surface area contributed by atoms with E-state index in [2.05, 4.69) is 15.6 Å². The van der Waals surface area contributed by atoms with E-state index in [0.717, 1.165) is 16.1 Å². The predicted octanol–water partition coefficient (Wildman–Crippen LogP) is 4.39. The number of aromatic nitrogens is 2. The Bertz CT molecular complexity index is 1180. The smallest absolute Gasteiger partial charge is 0.251 e. The quantitative estimate of drug-likeness (QED) is 0.421. The summed E-state index contributed by atoms with van der Waals surface area (Å²) in [6, 6.07) is 16.2. The van der Waals surface area contributed by atoms with Gasteiger partial charge in [-0.15, -0.1) is 0 Å². The summed E-state index contributed by atoms with van der Waals surface area (Å²) >= 11 is 1.36. The highest BCUT2D eigenvalue weighted by Gasteiger charge is 2.15. The van der Waals surface area contributed by atoms with Crippen molar-refractivity contribution in [2.45, 2.75) is 18.1 Å². The topological polar surface area (TPSA) is 89.2 Å². The van der Waals surface area contributed by atoms with Gasteiger partial charge in [0, 0.05) is 36.1 Å². The van der Waals surface area contributed by atoms with Crippen molar-refractivity contribution >= 4 is 40.2 Å². The van der Waals surface area contributed by atoms with E-state index in [9.17, 15) is 9.59 Å². The fourth-order valence-corrected chi connectivity index (χ4v) is 3.82. The molecule has 0 spiro atoms. The van der Waals surface area contributed by atoms with Crippen molar-refractivity contribution in [3.8, 4) is 0 Å². The number of carbonyl (C=O) groups is 2. The molecule has 4 rings (SSSR count). The Balaban J connectivity index is 1.32. The Kier molecular flexibility index (Phi) is 6.08. The Morgan fingerprint density at radius 3 is 2.65 bits per heavy atom. The van der Waals surface area contributed by atoms with E-state index in [1.165, 1.54) is 11.8 Å². The van der Waals surface area contributed by atoms with E-state index in [0.29, 0.717) is 17.0 Å². The monoisotopic (exact) mass is 434 g/mol. The lowest BCUT2D eigenvalue weighted by Crippen LogP contribution is -2.26. The van der Waals surface area contributed by atoms with Crippen LogP contribution in [0.3, 0.4) is 0 Å². The fraction of sp³-hybridized carbons (Fsp3) is 0.174. The van der Waals surface area contributed by atoms with Gasteiger partial charge in [0.15, 0.2) is 5.16 Å². The maximum absolute atomic E-state index is 12.6. The van der Waals surface area contributed by atoms with Gasteiger partial charge in [0.1, 0.15) is 11.3 Å². The minimum atomic E-state index is -0.276. The van der Waals surface area contributed by atoms with Crippen molar-refractivity contribution in [2.75, 3.05) is 11.1 Å². The van der Waals surface area contributed by atoms with Gasteiger partial charge in [-0.1, -0.05) is 30.0 Å². The molecule has 0 aliphatic rings. The molecule has 0 fully saturated rings. The minimum Gasteiger partial charge on any atom is -0.459 e. The molecule has 0 bridgehead atoms. The second-order valence-corrected chi connectivity index (χ2v) is 8.06. The number of aryl methyl sites for hydroxylation is 1. The van der Waals surface area contributed by atoms with E-state index in [1.54, 1.807) is 30.5 Å². The summed E-state index contributed by atoms with van der Waals surface area (Å²) in [4.78, 5) is 28.9. The molecular formula is C23H22N4O3S. The molecular weight excluding hydrogens is 412 g/mol. The van der Waals surface area contributed by atoms with E-state index < -0.39 is 0 Å². The number of amides is 2. The second kappa shape index (κ2) is 9.09. The molecule has 1 atom stereocenters. The lowest BCUT2D eigenvalue weighted by molar-refractivity contribution is -0.113. The number of anilines is 1. The van der Waals surface area contributed by atoms with Crippen molar-refractivity contribution in [1.29, 1.82) is 0 Å². The van der Waals surface area contributed by atoms with E-state index >= 15 is 0 Å². The molecule has 0 saturated carbocycles. The molecule has 158 valence electrons. The Morgan fingerprint density at radius 2 is 1.94 bits per heavy atom. The second-order valence-electron chi connectivity index (χ2n) is 7.12. The minimum absolute atomic E-state index is 0.135. The van der Waals surface area contributed by atoms with Crippen molar-refractivity contribution in [3.63, 3.8) is 0 Å². The van der Waals surface area contributed by atoms with Crippen LogP contribution in [-0.2, 0) is 11.8 Å². The first-order valence-corrected chi connectivity index (χ1v) is 10.8. The summed E-state index contributed by atoms with van der Waals surface area (Å²) in [6.07, 6.45) is 3.53. The SMILES string of the molecule is C[C@@H](NC(=O)c1ccc(NC(=O)CSc2nccn2C)cc1)c1cc2ccccc2o1. The number of benzene rings is 2. The highest BCUT2D eigenvalue weighted by atomic mass is 32.2. The van der Waals surface area contributed by atoms with Crippen LogP contribution in [0.15, 0.2) is 76.6 Å². The Hall–Kier alpha value is -3.52. The first-order chi connectivity index (χ1) is 15.0. The van der Waals surface area contributed by atoms with Crippen LogP contribution in [0.2, 0.25) is 0 Å². The number of nitrogens with one attached hydrogen (secondary N) is 2. The first kappa shape index (κ1) is 20.7. The molecule has 7 nitrogen and oxygen atoms in total. The summed E-state index contributed by atoms with van der Waals surface area (Å²) in [7, 11) is 1.88. The van der Waals surface area contributed by atoms with Crippen molar-refractivity contribution in [1.82, 2.24) is 14.9 Å². The Morgan fingerprint density at radius 1 is 1.16 bits per heavy atom. The van der Waals surface area contributed by atoms with Crippen LogP contribution in [0.4, 0.5) is 5.69 Å². The molecule has 2 N–H and O–H groups in total. The van der Waals surface area contributed by atoms with Crippen molar-refractivity contribution < 1.29 is 14.0 Å². The molecule has 2 heterocycles. The first-order valence-electron chi connectivity index (χ1n) is 9.79. The zero-order valence-electron chi connectivity index (χ0n) is 17.2. The van der Waals surface area contributed by atoms with E-state index in [1.807, 2.05) is 55.1 Å². The third-order valence-electron chi connectivity index (χ3n) is 4.76. The summed E-state index contributed by atoms with van der Waals surface area (Å²) in [5.74, 6) is 0.603. The number of fused-ring (bicyclic) bond motifs is 1. The Labute approximate surface area is 183 Å². The zero-order chi connectivity index (χ0) is 21.8. The van der Waals surface area contributed by atoms with Gasteiger partial charge in [-0.3, -0.25) is 9.59 Å². The van der Waals surface area contributed by atoms with Crippen LogP contribution in [0.25, 0.3) is 11.0 Å². The maximum atomic E-state index is 12.6. The molecule has 2 aromatic heterocycles. The van der Waals surface area contributed by atoms with Gasteiger partial charge in [-0.2, -0.15) is 0 Å². The van der Waals surface area contributed by atoms with Crippen LogP contribution in [0.5, 0.6) is 0 Å². The number of hydrogen-bond acceptors (Lipinski definition) is 5. The maximum Gasteiger partial charge on any atom is 0.251 e. The van der Waals surface area contributed by atoms with Gasteiger partial charge in [-0.25, -0.2) is 4.98 Å². The standard InChI is InChI=1S/C23H22N4O3S/c1-15(20-13-17-5-3-4-6-19(17)30-20)25-22(29)16-7-9-18(10-8-16)26-21(28)14-31-23-24-11-12-27(23)2/h3-13,15H,14H2,1-2H3,(H,25,29)(H,26,28)/t15-/m1/s1. The number of para-hydroxylation sites is 1. The average molecular weight is 435 g/mol. The van der Waals surface area contributed by atoms with Crippen LogP contribution < -0.4 is 10.6 Å². The third kappa shape index (κ3) is 4.97. The predicted molar refractivity (Wildman–Crippen MR) is 121 cm³/mol. The summed E-state index contributed by atoms with van der Waals surface area (Å²) in [6.45, 7) is 1.88. The number of hydrogen-bond donors (Lipinski definition) is 2. The van der Waals surface area contributed by atoms with Gasteiger partial charge in [-0.05, 0) is 43.3 Å². The van der Waals surface area contributed by atoms with Gasteiger partial charge in [0.25, 0.3) is 5.91 Å². The summed E-state index contributed by atoms with van der Waals surface area (Å²) in [5, 5.41) is 7.55. The van der Waals surface area contributed by atoms with E-state index in [4.69, 9.17) is 4.42 Å². The van der Waals surface area contributed by atoms with Crippen LogP contribution in [-0.4, -0.2) is 27.1 Å². The molecule has 2 aromatic carbocycles. The average Bonchev–Trinajstić information content (AvgIpc) is 3.38. The fourth-order valence-electron chi connectivity index (χ4n) is 3.09. The lowest BCUT2D eigenvalue weighted by atomic mass is 10.1. The normalized spacial score (nSPS) is 11.9. The summed E-state index contributed by atoms with van der Waals surface area (Å²) in [5.41, 5.74) is 1.93. The van der Waals surface area contributed by atoms with Gasteiger partial charge < -0.3 is 19.6 Å². The molecule has 0 radical (unpaired) electrons. The number of rotatable bonds is 7. The van der Waals surface area contributed by atoms with Crippen LogP contribution in [0.1, 0.15) is 29.1 Å². The molecule has 0 unspecified atom stereocenters. The van der Waals surface area contributed by atoms with Gasteiger partial charge in [0.05, 0.1) is 11.8 Å². The number of imidazole rings is 1. The number of nitrogens with zero attached hydrogens (tertiary/aromatic N) is 2. The third-order valence-corrected chi connectivity index (χ3v) is 5.82. The number of carbonyl (C=O) groups excluding carboxylic acids is 2. The highest BCUT2D eigenvalue weighted by molar-refractivity contribution is 7.99. The molecule has 0 aliphatic carbocycles. The van der Waals surface area contributed by atoms with E-state index in [-0.39, 0.29) is 23.6 Å². The highest BCUT2D eigenvalue weighted by Crippen LogP contribution is 2.24. The van der Waals surface area contributed by atoms with Crippen LogP contribution >= 0.6 is 11.8 Å². The molecule has 8 heteroatoms. The van der Waals surface area contributed by atoms with Crippen molar-refractivity contribution in [2.24, 2.45) is 7.05 Å². The van der Waals surface area contributed by atoms with Gasteiger partial charge in [0.2, 0.25) is 5.91 Å².